The summed E-state index contributed by atoms with van der Waals surface area (Å²) in [5, 5.41) is 3.24. The number of benzene rings is 1. The molecule has 0 heterocycles. The van der Waals surface area contributed by atoms with Gasteiger partial charge in [0, 0.05) is 11.7 Å². The lowest BCUT2D eigenvalue weighted by Gasteiger charge is -2.13. The summed E-state index contributed by atoms with van der Waals surface area (Å²) < 4.78 is 12.8. The number of hydrogen-bond acceptors (Lipinski definition) is 1. The first-order valence-corrected chi connectivity index (χ1v) is 4.74. The van der Waals surface area contributed by atoms with Crippen LogP contribution in [0.4, 0.5) is 10.1 Å². The average Bonchev–Trinajstić information content (AvgIpc) is 2.04. The van der Waals surface area contributed by atoms with Gasteiger partial charge in [-0.15, -0.1) is 0 Å². The van der Waals surface area contributed by atoms with Crippen LogP contribution in [0, 0.1) is 5.82 Å². The molecule has 1 unspecified atom stereocenters. The van der Waals surface area contributed by atoms with Crippen LogP contribution in [-0.2, 0) is 0 Å². The van der Waals surface area contributed by atoms with Gasteiger partial charge in [-0.25, -0.2) is 4.39 Å². The predicted octanol–water partition coefficient (Wildman–Crippen LogP) is 3.43. The lowest BCUT2D eigenvalue weighted by molar-refractivity contribution is 0.627. The van der Waals surface area contributed by atoms with Gasteiger partial charge in [-0.05, 0) is 31.5 Å². The van der Waals surface area contributed by atoms with Gasteiger partial charge in [-0.3, -0.25) is 0 Å². The van der Waals surface area contributed by atoms with Crippen LogP contribution in [-0.4, -0.2) is 6.04 Å². The first kappa shape index (κ1) is 10.0. The minimum atomic E-state index is -0.186. The van der Waals surface area contributed by atoms with E-state index < -0.39 is 0 Å². The van der Waals surface area contributed by atoms with Crippen LogP contribution in [0.2, 0.25) is 0 Å². The summed E-state index contributed by atoms with van der Waals surface area (Å²) in [5.74, 6) is -0.186. The van der Waals surface area contributed by atoms with Gasteiger partial charge in [-0.2, -0.15) is 0 Å². The molecule has 0 fully saturated rings. The van der Waals surface area contributed by atoms with Gasteiger partial charge in [0.1, 0.15) is 5.82 Å². The molecule has 0 aliphatic rings. The number of nitrogens with one attached hydrogen (secondary N) is 1. The second-order valence-corrected chi connectivity index (χ2v) is 3.34. The van der Waals surface area contributed by atoms with Crippen LogP contribution in [0.1, 0.15) is 26.7 Å². The van der Waals surface area contributed by atoms with Crippen molar-refractivity contribution in [1.82, 2.24) is 0 Å². The second kappa shape index (κ2) is 4.85. The van der Waals surface area contributed by atoms with Crippen LogP contribution >= 0.6 is 0 Å². The van der Waals surface area contributed by atoms with Crippen LogP contribution in [0.25, 0.3) is 0 Å². The molecule has 1 atom stereocenters. The molecule has 0 bridgehead atoms. The summed E-state index contributed by atoms with van der Waals surface area (Å²) >= 11 is 0. The van der Waals surface area contributed by atoms with Crippen molar-refractivity contribution in [3.8, 4) is 0 Å². The Kier molecular flexibility index (Phi) is 3.74. The fraction of sp³-hybridized carbons (Fsp3) is 0.455. The summed E-state index contributed by atoms with van der Waals surface area (Å²) in [6.45, 7) is 4.25. The van der Waals surface area contributed by atoms with Crippen LogP contribution in [0.5, 0.6) is 0 Å². The Bertz CT molecular complexity index is 260. The number of halogens is 1. The molecule has 0 aliphatic carbocycles. The maximum atomic E-state index is 12.8. The van der Waals surface area contributed by atoms with Gasteiger partial charge in [0.25, 0.3) is 0 Å². The third kappa shape index (κ3) is 3.45. The SMILES string of the molecule is CCCC(C)Nc1cccc(F)c1. The van der Waals surface area contributed by atoms with Crippen molar-refractivity contribution in [2.45, 2.75) is 32.7 Å². The first-order chi connectivity index (χ1) is 6.22. The smallest absolute Gasteiger partial charge is 0.125 e. The van der Waals surface area contributed by atoms with Crippen molar-refractivity contribution < 1.29 is 4.39 Å². The Hall–Kier alpha value is -1.05. The Morgan fingerprint density at radius 3 is 2.85 bits per heavy atom. The van der Waals surface area contributed by atoms with Crippen LogP contribution in [0.3, 0.4) is 0 Å². The summed E-state index contributed by atoms with van der Waals surface area (Å²) in [7, 11) is 0. The maximum absolute atomic E-state index is 12.8. The molecule has 0 spiro atoms. The molecule has 13 heavy (non-hydrogen) atoms. The van der Waals surface area contributed by atoms with Crippen molar-refractivity contribution in [2.75, 3.05) is 5.32 Å². The van der Waals surface area contributed by atoms with Crippen LogP contribution in [0.15, 0.2) is 24.3 Å². The minimum Gasteiger partial charge on any atom is -0.383 e. The molecule has 0 saturated carbocycles. The Balaban J connectivity index is 2.53. The van der Waals surface area contributed by atoms with Crippen molar-refractivity contribution in [3.05, 3.63) is 30.1 Å². The standard InChI is InChI=1S/C11H16FN/c1-3-5-9(2)13-11-7-4-6-10(12)8-11/h4,6-9,13H,3,5H2,1-2H3. The van der Waals surface area contributed by atoms with E-state index in [4.69, 9.17) is 0 Å². The fourth-order valence-corrected chi connectivity index (χ4v) is 1.37. The summed E-state index contributed by atoms with van der Waals surface area (Å²) in [6.07, 6.45) is 2.25. The molecular weight excluding hydrogens is 165 g/mol. The molecule has 1 aromatic carbocycles. The van der Waals surface area contributed by atoms with E-state index in [-0.39, 0.29) is 5.82 Å². The highest BCUT2D eigenvalue weighted by Gasteiger charge is 2.00. The van der Waals surface area contributed by atoms with E-state index in [0.717, 1.165) is 18.5 Å². The Morgan fingerprint density at radius 2 is 2.23 bits per heavy atom. The molecule has 0 aromatic heterocycles. The molecule has 0 aliphatic heterocycles. The monoisotopic (exact) mass is 181 g/mol. The molecule has 0 radical (unpaired) electrons. The van der Waals surface area contributed by atoms with Crippen molar-refractivity contribution >= 4 is 5.69 Å². The fourth-order valence-electron chi connectivity index (χ4n) is 1.37. The number of rotatable bonds is 4. The molecule has 72 valence electrons. The molecule has 1 rings (SSSR count). The topological polar surface area (TPSA) is 12.0 Å². The predicted molar refractivity (Wildman–Crippen MR) is 54.4 cm³/mol. The van der Waals surface area contributed by atoms with E-state index in [0.29, 0.717) is 6.04 Å². The zero-order chi connectivity index (χ0) is 9.68. The molecule has 1 aromatic rings. The summed E-state index contributed by atoms with van der Waals surface area (Å²) in [6, 6.07) is 6.99. The lowest BCUT2D eigenvalue weighted by atomic mass is 10.2. The van der Waals surface area contributed by atoms with Gasteiger partial charge in [-0.1, -0.05) is 19.4 Å². The average molecular weight is 181 g/mol. The zero-order valence-electron chi connectivity index (χ0n) is 8.18. The van der Waals surface area contributed by atoms with Gasteiger partial charge in [0.05, 0.1) is 0 Å². The zero-order valence-corrected chi connectivity index (χ0v) is 8.18. The first-order valence-electron chi connectivity index (χ1n) is 4.74. The number of hydrogen-bond donors (Lipinski definition) is 1. The highest BCUT2D eigenvalue weighted by atomic mass is 19.1. The largest absolute Gasteiger partial charge is 0.383 e. The van der Waals surface area contributed by atoms with Crippen molar-refractivity contribution in [3.63, 3.8) is 0 Å². The molecule has 0 amide bonds. The molecule has 0 saturated heterocycles. The van der Waals surface area contributed by atoms with Gasteiger partial charge >= 0.3 is 0 Å². The van der Waals surface area contributed by atoms with Gasteiger partial charge in [0.2, 0.25) is 0 Å². The molecule has 2 heteroatoms. The van der Waals surface area contributed by atoms with Gasteiger partial charge in [0.15, 0.2) is 0 Å². The van der Waals surface area contributed by atoms with Crippen LogP contribution < -0.4 is 5.32 Å². The molecular formula is C11H16FN. The molecule has 1 N–H and O–H groups in total. The van der Waals surface area contributed by atoms with E-state index in [1.54, 1.807) is 6.07 Å². The highest BCUT2D eigenvalue weighted by Crippen LogP contribution is 2.11. The summed E-state index contributed by atoms with van der Waals surface area (Å²) in [5.41, 5.74) is 0.862. The third-order valence-electron chi connectivity index (χ3n) is 1.96. The lowest BCUT2D eigenvalue weighted by Crippen LogP contribution is -2.14. The Morgan fingerprint density at radius 1 is 1.46 bits per heavy atom. The highest BCUT2D eigenvalue weighted by molar-refractivity contribution is 5.43. The minimum absolute atomic E-state index is 0.186. The van der Waals surface area contributed by atoms with Crippen molar-refractivity contribution in [2.24, 2.45) is 0 Å². The third-order valence-corrected chi connectivity index (χ3v) is 1.96. The van der Waals surface area contributed by atoms with Gasteiger partial charge < -0.3 is 5.32 Å². The van der Waals surface area contributed by atoms with E-state index >= 15 is 0 Å². The second-order valence-electron chi connectivity index (χ2n) is 3.34. The Labute approximate surface area is 79.0 Å². The van der Waals surface area contributed by atoms with E-state index in [1.807, 2.05) is 6.07 Å². The van der Waals surface area contributed by atoms with Crippen molar-refractivity contribution in [1.29, 1.82) is 0 Å². The van der Waals surface area contributed by atoms with E-state index in [2.05, 4.69) is 19.2 Å². The van der Waals surface area contributed by atoms with E-state index in [1.165, 1.54) is 12.1 Å². The summed E-state index contributed by atoms with van der Waals surface area (Å²) in [4.78, 5) is 0. The quantitative estimate of drug-likeness (QED) is 0.750. The van der Waals surface area contributed by atoms with E-state index in [9.17, 15) is 4.39 Å². The normalized spacial score (nSPS) is 12.5. The maximum Gasteiger partial charge on any atom is 0.125 e. The number of anilines is 1. The molecule has 1 nitrogen and oxygen atoms in total.